The van der Waals surface area contributed by atoms with Crippen molar-refractivity contribution in [3.8, 4) is 0 Å². The highest BCUT2D eigenvalue weighted by Gasteiger charge is 2.09. The molecule has 2 rings (SSSR count). The summed E-state index contributed by atoms with van der Waals surface area (Å²) in [4.78, 5) is 16.4. The average molecular weight is 325 g/mol. The van der Waals surface area contributed by atoms with Crippen molar-refractivity contribution in [1.29, 1.82) is 0 Å². The summed E-state index contributed by atoms with van der Waals surface area (Å²) in [6.07, 6.45) is 0. The number of benzene rings is 2. The molecule has 4 nitrogen and oxygen atoms in total. The molecule has 2 aromatic rings. The van der Waals surface area contributed by atoms with Gasteiger partial charge in [0.2, 0.25) is 5.91 Å². The number of amides is 1. The Morgan fingerprint density at radius 2 is 1.67 bits per heavy atom. The van der Waals surface area contributed by atoms with Crippen LogP contribution in [0.3, 0.4) is 0 Å². The van der Waals surface area contributed by atoms with Gasteiger partial charge in [-0.15, -0.1) is 0 Å². The molecule has 0 aromatic heterocycles. The van der Waals surface area contributed by atoms with E-state index in [1.807, 2.05) is 45.1 Å². The van der Waals surface area contributed by atoms with E-state index in [-0.39, 0.29) is 5.91 Å². The molecule has 0 saturated heterocycles. The van der Waals surface area contributed by atoms with Crippen molar-refractivity contribution >= 4 is 17.3 Å². The first kappa shape index (κ1) is 18.0. The van der Waals surface area contributed by atoms with E-state index in [1.54, 1.807) is 0 Å². The Bertz CT molecular complexity index is 693. The van der Waals surface area contributed by atoms with Crippen molar-refractivity contribution < 1.29 is 4.79 Å². The van der Waals surface area contributed by atoms with E-state index in [9.17, 15) is 4.79 Å². The number of nitrogens with one attached hydrogen (secondary N) is 1. The van der Waals surface area contributed by atoms with Gasteiger partial charge >= 0.3 is 0 Å². The molecule has 0 unspecified atom stereocenters. The van der Waals surface area contributed by atoms with Crippen LogP contribution in [0.15, 0.2) is 42.5 Å². The van der Waals surface area contributed by atoms with Crippen molar-refractivity contribution in [2.24, 2.45) is 0 Å². The predicted molar refractivity (Wildman–Crippen MR) is 102 cm³/mol. The minimum Gasteiger partial charge on any atom is -0.378 e. The van der Waals surface area contributed by atoms with Crippen molar-refractivity contribution in [3.63, 3.8) is 0 Å². The molecule has 1 amide bonds. The minimum absolute atomic E-state index is 0.0103. The number of carbonyl (C=O) groups excluding carboxylic acids is 1. The van der Waals surface area contributed by atoms with Crippen LogP contribution in [-0.4, -0.2) is 38.5 Å². The van der Waals surface area contributed by atoms with E-state index in [1.165, 1.54) is 16.8 Å². The van der Waals surface area contributed by atoms with Gasteiger partial charge in [0.15, 0.2) is 0 Å². The summed E-state index contributed by atoms with van der Waals surface area (Å²) in [6.45, 7) is 5.19. The number of likely N-dealkylation sites (N-methyl/N-ethyl adjacent to an activating group) is 1. The average Bonchev–Trinajstić information content (AvgIpc) is 2.52. The molecule has 128 valence electrons. The second kappa shape index (κ2) is 7.97. The lowest BCUT2D eigenvalue weighted by Gasteiger charge is -2.18. The Balaban J connectivity index is 1.90. The zero-order valence-corrected chi connectivity index (χ0v) is 15.3. The van der Waals surface area contributed by atoms with E-state index < -0.39 is 0 Å². The highest BCUT2D eigenvalue weighted by Crippen LogP contribution is 2.18. The zero-order valence-electron chi connectivity index (χ0n) is 15.3. The first-order valence-electron chi connectivity index (χ1n) is 8.17. The van der Waals surface area contributed by atoms with Crippen LogP contribution in [0.5, 0.6) is 0 Å². The van der Waals surface area contributed by atoms with E-state index in [0.717, 1.165) is 17.8 Å². The summed E-state index contributed by atoms with van der Waals surface area (Å²) >= 11 is 0. The normalized spacial score (nSPS) is 10.8. The topological polar surface area (TPSA) is 35.6 Å². The Morgan fingerprint density at radius 1 is 1.00 bits per heavy atom. The first-order valence-corrected chi connectivity index (χ1v) is 8.17. The monoisotopic (exact) mass is 325 g/mol. The third-order valence-corrected chi connectivity index (χ3v) is 4.20. The summed E-state index contributed by atoms with van der Waals surface area (Å²) < 4.78 is 0. The number of hydrogen-bond acceptors (Lipinski definition) is 3. The van der Waals surface area contributed by atoms with Gasteiger partial charge < -0.3 is 10.2 Å². The highest BCUT2D eigenvalue weighted by atomic mass is 16.2. The van der Waals surface area contributed by atoms with Crippen LogP contribution in [0.25, 0.3) is 0 Å². The summed E-state index contributed by atoms with van der Waals surface area (Å²) in [6, 6.07) is 14.4. The molecule has 0 atom stereocenters. The molecule has 0 saturated carbocycles. The molecular weight excluding hydrogens is 298 g/mol. The Morgan fingerprint density at radius 3 is 2.29 bits per heavy atom. The van der Waals surface area contributed by atoms with Gasteiger partial charge in [0.05, 0.1) is 6.54 Å². The fourth-order valence-electron chi connectivity index (χ4n) is 2.59. The van der Waals surface area contributed by atoms with Crippen LogP contribution in [-0.2, 0) is 11.3 Å². The fraction of sp³-hybridized carbons (Fsp3) is 0.350. The van der Waals surface area contributed by atoms with E-state index in [0.29, 0.717) is 6.54 Å². The van der Waals surface area contributed by atoms with Gasteiger partial charge in [0, 0.05) is 32.0 Å². The van der Waals surface area contributed by atoms with Crippen LogP contribution >= 0.6 is 0 Å². The zero-order chi connectivity index (χ0) is 17.7. The van der Waals surface area contributed by atoms with E-state index >= 15 is 0 Å². The molecule has 0 spiro atoms. The largest absolute Gasteiger partial charge is 0.378 e. The van der Waals surface area contributed by atoms with Crippen molar-refractivity contribution in [1.82, 2.24) is 4.90 Å². The quantitative estimate of drug-likeness (QED) is 0.884. The van der Waals surface area contributed by atoms with Crippen LogP contribution in [0.2, 0.25) is 0 Å². The second-order valence-electron chi connectivity index (χ2n) is 6.53. The third kappa shape index (κ3) is 4.83. The molecule has 24 heavy (non-hydrogen) atoms. The lowest BCUT2D eigenvalue weighted by atomic mass is 10.1. The van der Waals surface area contributed by atoms with Gasteiger partial charge in [-0.3, -0.25) is 9.69 Å². The Hall–Kier alpha value is -2.33. The van der Waals surface area contributed by atoms with Crippen molar-refractivity contribution in [2.45, 2.75) is 20.4 Å². The molecule has 1 N–H and O–H groups in total. The molecule has 0 heterocycles. The van der Waals surface area contributed by atoms with Gasteiger partial charge in [0.1, 0.15) is 0 Å². The number of rotatable bonds is 6. The lowest BCUT2D eigenvalue weighted by Crippen LogP contribution is -2.30. The number of nitrogens with zero attached hydrogens (tertiary/aromatic N) is 2. The van der Waals surface area contributed by atoms with Gasteiger partial charge in [-0.25, -0.2) is 0 Å². The molecule has 0 fully saturated rings. The summed E-state index contributed by atoms with van der Waals surface area (Å²) in [7, 11) is 6.01. The van der Waals surface area contributed by atoms with E-state index in [4.69, 9.17) is 0 Å². The fourth-order valence-corrected chi connectivity index (χ4v) is 2.59. The number of hydrogen-bond donors (Lipinski definition) is 1. The van der Waals surface area contributed by atoms with Crippen molar-refractivity contribution in [3.05, 3.63) is 59.2 Å². The lowest BCUT2D eigenvalue weighted by molar-refractivity contribution is -0.117. The molecule has 4 heteroatoms. The van der Waals surface area contributed by atoms with Gasteiger partial charge in [0.25, 0.3) is 0 Å². The summed E-state index contributed by atoms with van der Waals surface area (Å²) in [5.74, 6) is 0.0103. The second-order valence-corrected chi connectivity index (χ2v) is 6.53. The number of carbonyl (C=O) groups is 1. The summed E-state index contributed by atoms with van der Waals surface area (Å²) in [5, 5.41) is 3.00. The van der Waals surface area contributed by atoms with Crippen LogP contribution in [0.4, 0.5) is 11.4 Å². The SMILES string of the molecule is Cc1cccc(NC(=O)CN(C)Cc2ccc(N(C)C)cc2)c1C. The van der Waals surface area contributed by atoms with Gasteiger partial charge in [-0.2, -0.15) is 0 Å². The maximum Gasteiger partial charge on any atom is 0.238 e. The molecule has 0 bridgehead atoms. The number of aryl methyl sites for hydroxylation is 1. The van der Waals surface area contributed by atoms with E-state index in [2.05, 4.69) is 47.5 Å². The predicted octanol–water partition coefficient (Wildman–Crippen LogP) is 3.44. The Labute approximate surface area is 145 Å². The first-order chi connectivity index (χ1) is 11.4. The van der Waals surface area contributed by atoms with Crippen LogP contribution < -0.4 is 10.2 Å². The van der Waals surface area contributed by atoms with Gasteiger partial charge in [-0.05, 0) is 55.8 Å². The van der Waals surface area contributed by atoms with Crippen LogP contribution in [0, 0.1) is 13.8 Å². The molecule has 2 aromatic carbocycles. The maximum absolute atomic E-state index is 12.3. The molecule has 0 aliphatic carbocycles. The molecule has 0 radical (unpaired) electrons. The standard InChI is InChI=1S/C20H27N3O/c1-15-7-6-8-19(16(15)2)21-20(24)14-23(5)13-17-9-11-18(12-10-17)22(3)4/h6-12H,13-14H2,1-5H3,(H,21,24). The smallest absolute Gasteiger partial charge is 0.238 e. The molecule has 0 aliphatic heterocycles. The van der Waals surface area contributed by atoms with Gasteiger partial charge in [-0.1, -0.05) is 24.3 Å². The molecule has 0 aliphatic rings. The number of anilines is 2. The van der Waals surface area contributed by atoms with Crippen LogP contribution in [0.1, 0.15) is 16.7 Å². The Kier molecular flexibility index (Phi) is 5.99. The summed E-state index contributed by atoms with van der Waals surface area (Å²) in [5.41, 5.74) is 5.57. The van der Waals surface area contributed by atoms with Crippen molar-refractivity contribution in [2.75, 3.05) is 37.9 Å². The molecular formula is C20H27N3O. The minimum atomic E-state index is 0.0103. The maximum atomic E-state index is 12.3. The third-order valence-electron chi connectivity index (χ3n) is 4.20. The highest BCUT2D eigenvalue weighted by molar-refractivity contribution is 5.93.